The largest absolute Gasteiger partial charge is 0.386 e. The van der Waals surface area contributed by atoms with Gasteiger partial charge < -0.3 is 25.8 Å². The van der Waals surface area contributed by atoms with Crippen molar-refractivity contribution in [3.8, 4) is 0 Å². The molecular weight excluding hydrogens is 669 g/mol. The number of nitrogens with two attached hydrogens (primary N) is 2. The molecule has 4 aromatic rings. The Labute approximate surface area is 256 Å². The Morgan fingerprint density at radius 2 is 1.89 bits per heavy atom. The summed E-state index contributed by atoms with van der Waals surface area (Å²) in [4.78, 5) is 40.0. The van der Waals surface area contributed by atoms with Gasteiger partial charge >= 0.3 is 13.6 Å². The Kier molecular flexibility index (Phi) is 8.50. The van der Waals surface area contributed by atoms with Gasteiger partial charge in [0.15, 0.2) is 16.8 Å². The lowest BCUT2D eigenvalue weighted by Crippen LogP contribution is -2.28. The number of imidazole rings is 1. The average molecular weight is 695 g/mol. The molecular formula is C20H25FN10O9P2S2. The number of nitrogens with one attached hydrogen (secondary N) is 1. The highest BCUT2D eigenvalue weighted by atomic mass is 32.7. The van der Waals surface area contributed by atoms with Crippen LogP contribution in [0, 0.1) is 0 Å². The smallest absolute Gasteiger partial charge is 0.369 e. The highest BCUT2D eigenvalue weighted by molar-refractivity contribution is 8.44. The number of nitrogen functional groups attached to an aromatic ring is 2. The molecule has 6 N–H and O–H groups in total. The number of anilines is 2. The van der Waals surface area contributed by atoms with E-state index in [0.29, 0.717) is 11.2 Å². The van der Waals surface area contributed by atoms with Crippen molar-refractivity contribution < 1.29 is 41.5 Å². The monoisotopic (exact) mass is 694 g/mol. The summed E-state index contributed by atoms with van der Waals surface area (Å²) in [7, 11) is 0. The second kappa shape index (κ2) is 11.9. The van der Waals surface area contributed by atoms with Crippen LogP contribution in [0.25, 0.3) is 16.8 Å². The minimum Gasteiger partial charge on any atom is -0.369 e. The van der Waals surface area contributed by atoms with Crippen LogP contribution < -0.4 is 17.0 Å². The zero-order valence-corrected chi connectivity index (χ0v) is 25.8. The molecule has 2 fully saturated rings. The lowest BCUT2D eigenvalue weighted by molar-refractivity contribution is -0.0341. The van der Waals surface area contributed by atoms with Crippen LogP contribution in [0.5, 0.6) is 0 Å². The number of hydrogen-bond acceptors (Lipinski definition) is 15. The summed E-state index contributed by atoms with van der Waals surface area (Å²) in [5, 5.41) is 4.14. The molecule has 0 spiro atoms. The summed E-state index contributed by atoms with van der Waals surface area (Å²) in [6.07, 6.45) is -2.63. The van der Waals surface area contributed by atoms with Gasteiger partial charge in [-0.05, 0) is 0 Å². The Morgan fingerprint density at radius 1 is 1.11 bits per heavy atom. The molecule has 2 saturated heterocycles. The highest BCUT2D eigenvalue weighted by Crippen LogP contribution is 2.57. The van der Waals surface area contributed by atoms with Crippen LogP contribution in [0.2, 0.25) is 0 Å². The standard InChI is InChI=1S/C20H25FN10O9P2S2/c21-9-1-14(30-7-26-15-17(30)28-19(22)29-18(15)32)39-12(9)4-37-42(35,44)40-11-2-10(38-13(11)5-36-41(33,34)43)8-3-27-31-16(8)24-6-25-20(31)23/h3,6-7,9-14H,1-2,4-5H2,(H,35,44)(H2,23,24,25)(H2,33,34,43)(H3,22,28,29,32)/t9-,10+,11-,12+,13+,14+,42?/m0/s1. The van der Waals surface area contributed by atoms with Crippen molar-refractivity contribution in [3.05, 3.63) is 34.8 Å². The maximum absolute atomic E-state index is 15.0. The van der Waals surface area contributed by atoms with Crippen molar-refractivity contribution in [1.29, 1.82) is 0 Å². The van der Waals surface area contributed by atoms with Gasteiger partial charge in [0.2, 0.25) is 11.9 Å². The third-order valence-electron chi connectivity index (χ3n) is 6.91. The van der Waals surface area contributed by atoms with Gasteiger partial charge in [0, 0.05) is 18.4 Å². The van der Waals surface area contributed by atoms with Crippen molar-refractivity contribution >= 4 is 66.8 Å². The van der Waals surface area contributed by atoms with Crippen molar-refractivity contribution in [2.24, 2.45) is 0 Å². The van der Waals surface area contributed by atoms with E-state index in [1.54, 1.807) is 0 Å². The minimum atomic E-state index is -4.21. The van der Waals surface area contributed by atoms with Gasteiger partial charge in [0.1, 0.15) is 30.9 Å². The van der Waals surface area contributed by atoms with Crippen LogP contribution >= 0.6 is 38.1 Å². The molecule has 2 aliphatic rings. The molecule has 6 heterocycles. The topological polar surface area (TPSA) is 259 Å². The maximum atomic E-state index is 15.0. The number of hydrogen-bond donors (Lipinski definition) is 6. The van der Waals surface area contributed by atoms with Gasteiger partial charge in [-0.1, -0.05) is 24.5 Å². The van der Waals surface area contributed by atoms with Gasteiger partial charge in [0.25, 0.3) is 5.56 Å². The molecule has 0 radical (unpaired) electrons. The van der Waals surface area contributed by atoms with E-state index in [-0.39, 0.29) is 35.9 Å². The van der Waals surface area contributed by atoms with E-state index >= 15 is 0 Å². The van der Waals surface area contributed by atoms with Crippen LogP contribution in [-0.4, -0.2) is 81.7 Å². The summed E-state index contributed by atoms with van der Waals surface area (Å²) in [5.41, 5.74) is 11.8. The second-order valence-electron chi connectivity index (χ2n) is 9.82. The highest BCUT2D eigenvalue weighted by Gasteiger charge is 2.44. The first-order valence-electron chi connectivity index (χ1n) is 12.7. The molecule has 8 atom stereocenters. The van der Waals surface area contributed by atoms with Gasteiger partial charge in [-0.15, -0.1) is 0 Å². The van der Waals surface area contributed by atoms with Crippen molar-refractivity contribution in [1.82, 2.24) is 39.1 Å². The van der Waals surface area contributed by atoms with Gasteiger partial charge in [-0.25, -0.2) is 28.5 Å². The first-order chi connectivity index (χ1) is 20.8. The third-order valence-corrected chi connectivity index (χ3v) is 9.38. The molecule has 238 valence electrons. The number of rotatable bonds is 10. The molecule has 0 aromatic carbocycles. The van der Waals surface area contributed by atoms with E-state index in [0.717, 1.165) is 0 Å². The van der Waals surface area contributed by atoms with E-state index in [4.69, 9.17) is 34.5 Å². The number of alkyl halides is 1. The predicted molar refractivity (Wildman–Crippen MR) is 156 cm³/mol. The summed E-state index contributed by atoms with van der Waals surface area (Å²) in [6, 6.07) is 0. The third kappa shape index (κ3) is 6.50. The van der Waals surface area contributed by atoms with E-state index in [2.05, 4.69) is 54.5 Å². The summed E-state index contributed by atoms with van der Waals surface area (Å²) >= 11 is 7.55. The van der Waals surface area contributed by atoms with Crippen LogP contribution in [0.4, 0.5) is 16.3 Å². The quantitative estimate of drug-likeness (QED) is 0.101. The maximum Gasteiger partial charge on any atom is 0.386 e. The number of ether oxygens (including phenoxy) is 2. The predicted octanol–water partition coefficient (Wildman–Crippen LogP) is 1.36. The molecule has 2 unspecified atom stereocenters. The molecule has 6 rings (SSSR count). The average Bonchev–Trinajstić information content (AvgIpc) is 3.71. The number of thiol groups is 2. The van der Waals surface area contributed by atoms with Crippen molar-refractivity contribution in [3.63, 3.8) is 0 Å². The Bertz CT molecular complexity index is 1860. The first kappa shape index (κ1) is 31.3. The molecule has 19 nitrogen and oxygen atoms in total. The molecule has 0 amide bonds. The first-order valence-corrected chi connectivity index (χ1v) is 18.2. The van der Waals surface area contributed by atoms with E-state index < -0.39 is 69.2 Å². The number of aromatic nitrogens is 8. The van der Waals surface area contributed by atoms with E-state index in [1.807, 2.05) is 0 Å². The zero-order valence-electron chi connectivity index (χ0n) is 22.2. The number of nitrogens with zero attached hydrogens (tertiary/aromatic N) is 7. The number of fused-ring (bicyclic) bond motifs is 2. The lowest BCUT2D eigenvalue weighted by Gasteiger charge is -2.23. The summed E-state index contributed by atoms with van der Waals surface area (Å²) < 4.78 is 70.3. The summed E-state index contributed by atoms with van der Waals surface area (Å²) in [6.45, 7) is -9.42. The molecule has 24 heteroatoms. The Morgan fingerprint density at radius 3 is 2.66 bits per heavy atom. The minimum absolute atomic E-state index is 0.00251. The fourth-order valence-electron chi connectivity index (χ4n) is 4.95. The fourth-order valence-corrected chi connectivity index (χ4v) is 7.02. The number of aromatic amines is 1. The Hall–Kier alpha value is -2.65. The zero-order chi connectivity index (χ0) is 31.4. The van der Waals surface area contributed by atoms with Gasteiger partial charge in [0.05, 0.1) is 37.9 Å². The van der Waals surface area contributed by atoms with Gasteiger partial charge in [-0.3, -0.25) is 27.9 Å². The SMILES string of the molecule is Nc1nc2c(ncn2[C@H]2C[C@H](F)[C@@H](COP(=O)(S)O[C@H]3C[C@H](c4cnn5c(N)ncnc45)O[C@@H]3COP(=O)(O)S)O2)c(=O)[nH]1. The number of halogens is 1. The molecule has 44 heavy (non-hydrogen) atoms. The van der Waals surface area contributed by atoms with Crippen LogP contribution in [0.15, 0.2) is 23.6 Å². The molecule has 0 bridgehead atoms. The Balaban J connectivity index is 1.13. The second-order valence-corrected chi connectivity index (χ2v) is 15.4. The van der Waals surface area contributed by atoms with E-state index in [9.17, 15) is 23.2 Å². The normalized spacial score (nSPS) is 28.5. The van der Waals surface area contributed by atoms with Crippen molar-refractivity contribution in [2.75, 3.05) is 24.7 Å². The number of H-pyrrole nitrogens is 1. The van der Waals surface area contributed by atoms with Crippen LogP contribution in [0.3, 0.4) is 0 Å². The summed E-state index contributed by atoms with van der Waals surface area (Å²) in [5.74, 6) is -0.0709. The van der Waals surface area contributed by atoms with E-state index in [1.165, 1.54) is 27.9 Å². The van der Waals surface area contributed by atoms with Crippen molar-refractivity contribution in [2.45, 2.75) is 49.7 Å². The lowest BCUT2D eigenvalue weighted by atomic mass is 10.1. The molecule has 4 aromatic heterocycles. The van der Waals surface area contributed by atoms with Crippen LogP contribution in [-0.2, 0) is 32.2 Å². The molecule has 0 aliphatic carbocycles. The molecule has 0 saturated carbocycles. The van der Waals surface area contributed by atoms with Gasteiger partial charge in [-0.2, -0.15) is 14.6 Å². The molecule has 2 aliphatic heterocycles. The fraction of sp³-hybridized carbons (Fsp3) is 0.500. The van der Waals surface area contributed by atoms with Crippen LogP contribution in [0.1, 0.15) is 30.7 Å².